The Hall–Kier alpha value is -2.63. The van der Waals surface area contributed by atoms with Gasteiger partial charge in [-0.25, -0.2) is 0 Å². The van der Waals surface area contributed by atoms with E-state index in [1.807, 2.05) is 30.5 Å². The van der Waals surface area contributed by atoms with Crippen LogP contribution in [0.4, 0.5) is 0 Å². The number of nitrogens with one attached hydrogen (secondary N) is 1. The van der Waals surface area contributed by atoms with Crippen LogP contribution in [-0.4, -0.2) is 20.8 Å². The van der Waals surface area contributed by atoms with Gasteiger partial charge in [0.1, 0.15) is 5.69 Å². The van der Waals surface area contributed by atoms with Gasteiger partial charge in [-0.05, 0) is 52.2 Å². The molecule has 1 atom stereocenters. The van der Waals surface area contributed by atoms with Crippen LogP contribution in [0.25, 0.3) is 11.0 Å². The monoisotopic (exact) mass is 352 g/mol. The molecule has 0 fully saturated rings. The molecule has 4 rings (SSSR count). The average molecular weight is 352 g/mol. The van der Waals surface area contributed by atoms with Gasteiger partial charge in [-0.15, -0.1) is 0 Å². The second-order valence-corrected chi connectivity index (χ2v) is 7.94. The summed E-state index contributed by atoms with van der Waals surface area (Å²) in [5.41, 5.74) is 3.71. The lowest BCUT2D eigenvalue weighted by Gasteiger charge is -2.28. The van der Waals surface area contributed by atoms with Gasteiger partial charge < -0.3 is 9.84 Å². The highest BCUT2D eigenvalue weighted by molar-refractivity contribution is 5.86. The van der Waals surface area contributed by atoms with Crippen molar-refractivity contribution in [3.63, 3.8) is 0 Å². The Morgan fingerprint density at radius 2 is 2.15 bits per heavy atom. The van der Waals surface area contributed by atoms with Crippen molar-refractivity contribution in [1.82, 2.24) is 20.3 Å². The summed E-state index contributed by atoms with van der Waals surface area (Å²) >= 11 is 0. The van der Waals surface area contributed by atoms with Crippen molar-refractivity contribution in [3.8, 4) is 0 Å². The first-order chi connectivity index (χ1) is 12.4. The van der Waals surface area contributed by atoms with Crippen molar-refractivity contribution >= 4 is 16.9 Å². The molecule has 0 saturated heterocycles. The zero-order chi connectivity index (χ0) is 18.3. The van der Waals surface area contributed by atoms with Crippen molar-refractivity contribution in [3.05, 3.63) is 47.4 Å². The summed E-state index contributed by atoms with van der Waals surface area (Å²) in [5.74, 6) is -0.0367. The summed E-state index contributed by atoms with van der Waals surface area (Å²) in [7, 11) is 0. The summed E-state index contributed by atoms with van der Waals surface area (Å²) in [5, 5.41) is 12.7. The molecule has 1 N–H and O–H groups in total. The first-order valence-electron chi connectivity index (χ1n) is 9.13. The summed E-state index contributed by atoms with van der Waals surface area (Å²) in [6, 6.07) is 7.63. The average Bonchev–Trinajstić information content (AvgIpc) is 3.20. The third-order valence-electron chi connectivity index (χ3n) is 4.93. The number of para-hydroxylation sites is 1. The molecule has 0 radical (unpaired) electrons. The van der Waals surface area contributed by atoms with Gasteiger partial charge in [0.05, 0.1) is 24.2 Å². The Bertz CT molecular complexity index is 948. The topological polar surface area (TPSA) is 73.0 Å². The number of carbonyl (C=O) groups excluding carboxylic acids is 1. The van der Waals surface area contributed by atoms with E-state index in [-0.39, 0.29) is 23.9 Å². The van der Waals surface area contributed by atoms with Gasteiger partial charge >= 0.3 is 0 Å². The van der Waals surface area contributed by atoms with Crippen LogP contribution in [0.1, 0.15) is 56.6 Å². The zero-order valence-corrected chi connectivity index (χ0v) is 15.5. The van der Waals surface area contributed by atoms with Crippen molar-refractivity contribution in [2.45, 2.75) is 58.0 Å². The predicted molar refractivity (Wildman–Crippen MR) is 98.8 cm³/mol. The number of rotatable bonds is 3. The number of carbonyl (C=O) groups is 1. The second kappa shape index (κ2) is 6.27. The molecule has 1 aliphatic rings. The summed E-state index contributed by atoms with van der Waals surface area (Å²) in [6.07, 6.45) is 5.13. The molecule has 1 aromatic carbocycles. The number of hydrogen-bond acceptors (Lipinski definition) is 4. The lowest BCUT2D eigenvalue weighted by atomic mass is 9.92. The van der Waals surface area contributed by atoms with E-state index >= 15 is 0 Å². The molecule has 136 valence electrons. The highest BCUT2D eigenvalue weighted by Gasteiger charge is 2.29. The second-order valence-electron chi connectivity index (χ2n) is 7.94. The van der Waals surface area contributed by atoms with Crippen LogP contribution in [0, 0.1) is 0 Å². The SMILES string of the molecule is CC(C)(C)n1ncc2c1CCCC2NC(=O)Cc1noc2ccccc12. The Balaban J connectivity index is 1.52. The van der Waals surface area contributed by atoms with Gasteiger partial charge in [-0.2, -0.15) is 5.10 Å². The van der Waals surface area contributed by atoms with E-state index in [1.54, 1.807) is 0 Å². The molecule has 3 aromatic rings. The van der Waals surface area contributed by atoms with Crippen LogP contribution in [0.15, 0.2) is 35.0 Å². The minimum absolute atomic E-state index is 0.0144. The van der Waals surface area contributed by atoms with Gasteiger partial charge in [0.15, 0.2) is 5.58 Å². The number of aromatic nitrogens is 3. The van der Waals surface area contributed by atoms with Crippen molar-refractivity contribution in [2.75, 3.05) is 0 Å². The first kappa shape index (κ1) is 16.8. The van der Waals surface area contributed by atoms with E-state index in [9.17, 15) is 4.79 Å². The molecular formula is C20H24N4O2. The number of fused-ring (bicyclic) bond motifs is 2. The number of benzene rings is 1. The standard InChI is InChI=1S/C20H24N4O2/c1-20(2,3)24-17-9-6-8-15(14(17)12-21-24)22-19(25)11-16-13-7-4-5-10-18(13)26-23-16/h4-5,7,10,12,15H,6,8-9,11H2,1-3H3,(H,22,25). The molecule has 6 nitrogen and oxygen atoms in total. The first-order valence-corrected chi connectivity index (χ1v) is 9.13. The molecule has 0 bridgehead atoms. The van der Waals surface area contributed by atoms with E-state index in [2.05, 4.69) is 41.0 Å². The van der Waals surface area contributed by atoms with E-state index in [0.717, 1.165) is 30.2 Å². The van der Waals surface area contributed by atoms with Crippen molar-refractivity contribution < 1.29 is 9.32 Å². The van der Waals surface area contributed by atoms with Crippen LogP contribution in [0.5, 0.6) is 0 Å². The van der Waals surface area contributed by atoms with Crippen LogP contribution in [0.2, 0.25) is 0 Å². The van der Waals surface area contributed by atoms with E-state index < -0.39 is 0 Å². The molecule has 26 heavy (non-hydrogen) atoms. The van der Waals surface area contributed by atoms with Crippen LogP contribution < -0.4 is 5.32 Å². The number of hydrogen-bond donors (Lipinski definition) is 1. The third-order valence-corrected chi connectivity index (χ3v) is 4.93. The fraction of sp³-hybridized carbons (Fsp3) is 0.450. The Morgan fingerprint density at radius 3 is 2.96 bits per heavy atom. The van der Waals surface area contributed by atoms with Crippen LogP contribution in [-0.2, 0) is 23.2 Å². The largest absolute Gasteiger partial charge is 0.356 e. The maximum atomic E-state index is 12.6. The van der Waals surface area contributed by atoms with Crippen molar-refractivity contribution in [1.29, 1.82) is 0 Å². The Kier molecular flexibility index (Phi) is 4.05. The van der Waals surface area contributed by atoms with Crippen molar-refractivity contribution in [2.24, 2.45) is 0 Å². The van der Waals surface area contributed by atoms with E-state index in [1.165, 1.54) is 5.69 Å². The smallest absolute Gasteiger partial charge is 0.226 e. The van der Waals surface area contributed by atoms with Gasteiger partial charge in [-0.3, -0.25) is 9.48 Å². The Labute approximate surface area is 152 Å². The van der Waals surface area contributed by atoms with E-state index in [4.69, 9.17) is 4.52 Å². The molecule has 1 unspecified atom stereocenters. The fourth-order valence-corrected chi connectivity index (χ4v) is 3.75. The van der Waals surface area contributed by atoms with Crippen LogP contribution >= 0.6 is 0 Å². The van der Waals surface area contributed by atoms with Gasteiger partial charge in [-0.1, -0.05) is 17.3 Å². The van der Waals surface area contributed by atoms with E-state index in [0.29, 0.717) is 11.3 Å². The Morgan fingerprint density at radius 1 is 1.35 bits per heavy atom. The molecular weight excluding hydrogens is 328 g/mol. The molecule has 0 aliphatic heterocycles. The minimum atomic E-state index is -0.0564. The number of amides is 1. The summed E-state index contributed by atoms with van der Waals surface area (Å²) in [4.78, 5) is 12.6. The normalized spacial score (nSPS) is 17.3. The molecule has 2 aromatic heterocycles. The van der Waals surface area contributed by atoms with Gasteiger partial charge in [0.2, 0.25) is 5.91 Å². The third kappa shape index (κ3) is 3.00. The quantitative estimate of drug-likeness (QED) is 0.783. The summed E-state index contributed by atoms with van der Waals surface area (Å²) < 4.78 is 7.38. The molecule has 0 saturated carbocycles. The lowest BCUT2D eigenvalue weighted by molar-refractivity contribution is -0.121. The maximum absolute atomic E-state index is 12.6. The van der Waals surface area contributed by atoms with Gasteiger partial charge in [0.25, 0.3) is 0 Å². The minimum Gasteiger partial charge on any atom is -0.356 e. The predicted octanol–water partition coefficient (Wildman–Crippen LogP) is 3.52. The highest BCUT2D eigenvalue weighted by Crippen LogP contribution is 2.32. The summed E-state index contributed by atoms with van der Waals surface area (Å²) in [6.45, 7) is 6.45. The maximum Gasteiger partial charge on any atom is 0.226 e. The zero-order valence-electron chi connectivity index (χ0n) is 15.5. The molecule has 6 heteroatoms. The fourth-order valence-electron chi connectivity index (χ4n) is 3.75. The molecule has 2 heterocycles. The lowest BCUT2D eigenvalue weighted by Crippen LogP contribution is -2.33. The molecule has 1 amide bonds. The van der Waals surface area contributed by atoms with Crippen LogP contribution in [0.3, 0.4) is 0 Å². The number of nitrogens with zero attached hydrogens (tertiary/aromatic N) is 3. The molecule has 1 aliphatic carbocycles. The van der Waals surface area contributed by atoms with Gasteiger partial charge in [0, 0.05) is 16.6 Å². The molecule has 0 spiro atoms. The highest BCUT2D eigenvalue weighted by atomic mass is 16.5.